The standard InChI is InChI=1S/C35H37Cl2F2N5O3/c1-21(45)44-15-12-25(13-16-44)42-19-24-9-10-29(43-35(24)47-3)28-6-4-5-26(32(28)36)27-11-14-41-34(33(27)37)22-7-8-23(30(17-22)46-2)18-40-20-31(38)39/h4-11,14,17,25,31,40,42H,12-13,15-16,18-20H2,1-3H3. The Kier molecular flexibility index (Phi) is 11.6. The molecule has 1 amide bonds. The third-order valence-corrected chi connectivity index (χ3v) is 9.07. The van der Waals surface area contributed by atoms with Crippen LogP contribution in [0, 0.1) is 0 Å². The molecule has 4 aromatic rings. The van der Waals surface area contributed by atoms with Crippen LogP contribution in [0.1, 0.15) is 30.9 Å². The van der Waals surface area contributed by atoms with Gasteiger partial charge in [-0.3, -0.25) is 9.78 Å². The quantitative estimate of drug-likeness (QED) is 0.163. The number of aromatic nitrogens is 2. The Morgan fingerprint density at radius 2 is 1.68 bits per heavy atom. The van der Waals surface area contributed by atoms with Gasteiger partial charge in [0, 0.05) is 78.7 Å². The second-order valence-electron chi connectivity index (χ2n) is 11.3. The van der Waals surface area contributed by atoms with Crippen LogP contribution in [-0.4, -0.2) is 67.1 Å². The van der Waals surface area contributed by atoms with Crippen LogP contribution in [0.3, 0.4) is 0 Å². The molecule has 0 saturated carbocycles. The largest absolute Gasteiger partial charge is 0.496 e. The van der Waals surface area contributed by atoms with E-state index in [9.17, 15) is 13.6 Å². The molecule has 2 N–H and O–H groups in total. The lowest BCUT2D eigenvalue weighted by atomic mass is 9.99. The second kappa shape index (κ2) is 15.8. The van der Waals surface area contributed by atoms with Crippen molar-refractivity contribution >= 4 is 29.1 Å². The summed E-state index contributed by atoms with van der Waals surface area (Å²) in [6, 6.07) is 17.1. The molecule has 5 rings (SSSR count). The van der Waals surface area contributed by atoms with E-state index in [-0.39, 0.29) is 12.5 Å². The van der Waals surface area contributed by atoms with Crippen LogP contribution in [-0.2, 0) is 17.9 Å². The van der Waals surface area contributed by atoms with Gasteiger partial charge in [-0.2, -0.15) is 0 Å². The normalized spacial score (nSPS) is 13.7. The Morgan fingerprint density at radius 1 is 0.957 bits per heavy atom. The van der Waals surface area contributed by atoms with Gasteiger partial charge < -0.3 is 25.0 Å². The zero-order chi connectivity index (χ0) is 33.5. The number of piperidine rings is 1. The van der Waals surface area contributed by atoms with Crippen molar-refractivity contribution in [1.82, 2.24) is 25.5 Å². The molecule has 8 nitrogen and oxygen atoms in total. The molecule has 248 valence electrons. The number of halogens is 4. The molecular formula is C35H37Cl2F2N5O3. The summed E-state index contributed by atoms with van der Waals surface area (Å²) in [6.45, 7) is 3.52. The van der Waals surface area contributed by atoms with Crippen LogP contribution in [0.4, 0.5) is 8.78 Å². The maximum Gasteiger partial charge on any atom is 0.250 e. The molecule has 0 radical (unpaired) electrons. The molecule has 0 aliphatic carbocycles. The van der Waals surface area contributed by atoms with Gasteiger partial charge in [0.2, 0.25) is 11.8 Å². The van der Waals surface area contributed by atoms with E-state index in [1.54, 1.807) is 38.4 Å². The summed E-state index contributed by atoms with van der Waals surface area (Å²) in [5, 5.41) is 7.18. The van der Waals surface area contributed by atoms with Crippen molar-refractivity contribution in [2.24, 2.45) is 0 Å². The summed E-state index contributed by atoms with van der Waals surface area (Å²) in [4.78, 5) is 22.9. The number of pyridine rings is 2. The lowest BCUT2D eigenvalue weighted by Gasteiger charge is -2.31. The number of amides is 1. The fraction of sp³-hybridized carbons (Fsp3) is 0.343. The summed E-state index contributed by atoms with van der Waals surface area (Å²) in [5.41, 5.74) is 5.66. The van der Waals surface area contributed by atoms with Gasteiger partial charge in [0.25, 0.3) is 6.43 Å². The maximum atomic E-state index is 12.6. The summed E-state index contributed by atoms with van der Waals surface area (Å²) in [7, 11) is 3.12. The minimum atomic E-state index is -2.44. The first-order valence-electron chi connectivity index (χ1n) is 15.3. The van der Waals surface area contributed by atoms with E-state index in [4.69, 9.17) is 37.7 Å². The van der Waals surface area contributed by atoms with Gasteiger partial charge in [-0.15, -0.1) is 0 Å². The first kappa shape index (κ1) is 34.5. The number of ether oxygens (including phenoxy) is 2. The van der Waals surface area contributed by atoms with E-state index >= 15 is 0 Å². The monoisotopic (exact) mass is 683 g/mol. The SMILES string of the molecule is COc1cc(-c2nccc(-c3cccc(-c4ccc(CNC5CCN(C(C)=O)CC5)c(OC)n4)c3Cl)c2Cl)ccc1CNCC(F)F. The minimum absolute atomic E-state index is 0.117. The molecule has 47 heavy (non-hydrogen) atoms. The smallest absolute Gasteiger partial charge is 0.250 e. The molecule has 0 unspecified atom stereocenters. The Bertz CT molecular complexity index is 1720. The van der Waals surface area contributed by atoms with Gasteiger partial charge in [0.1, 0.15) is 5.75 Å². The number of methoxy groups -OCH3 is 2. The van der Waals surface area contributed by atoms with Crippen molar-refractivity contribution in [3.8, 4) is 45.3 Å². The van der Waals surface area contributed by atoms with E-state index < -0.39 is 13.0 Å². The van der Waals surface area contributed by atoms with Crippen LogP contribution < -0.4 is 20.1 Å². The molecule has 0 bridgehead atoms. The van der Waals surface area contributed by atoms with E-state index in [1.165, 1.54) is 7.11 Å². The van der Waals surface area contributed by atoms with Crippen LogP contribution in [0.5, 0.6) is 11.6 Å². The number of carbonyl (C=O) groups is 1. The number of nitrogens with one attached hydrogen (secondary N) is 2. The molecule has 1 fully saturated rings. The fourth-order valence-electron chi connectivity index (χ4n) is 5.73. The first-order valence-corrected chi connectivity index (χ1v) is 16.1. The van der Waals surface area contributed by atoms with Crippen LogP contribution in [0.2, 0.25) is 10.0 Å². The molecule has 0 spiro atoms. The fourth-order valence-corrected chi connectivity index (χ4v) is 6.38. The number of benzene rings is 2. The molecule has 2 aromatic carbocycles. The lowest BCUT2D eigenvalue weighted by Crippen LogP contribution is -2.44. The molecular weight excluding hydrogens is 647 g/mol. The van der Waals surface area contributed by atoms with Crippen molar-refractivity contribution < 1.29 is 23.0 Å². The van der Waals surface area contributed by atoms with Crippen molar-refractivity contribution in [2.45, 2.75) is 45.3 Å². The van der Waals surface area contributed by atoms with Crippen molar-refractivity contribution in [3.05, 3.63) is 82.0 Å². The topological polar surface area (TPSA) is 88.6 Å². The number of hydrogen-bond donors (Lipinski definition) is 2. The average molecular weight is 685 g/mol. The van der Waals surface area contributed by atoms with Gasteiger partial charge in [-0.25, -0.2) is 13.8 Å². The number of nitrogens with zero attached hydrogens (tertiary/aromatic N) is 3. The van der Waals surface area contributed by atoms with Crippen LogP contribution in [0.15, 0.2) is 60.8 Å². The zero-order valence-corrected chi connectivity index (χ0v) is 28.0. The van der Waals surface area contributed by atoms with E-state index in [0.29, 0.717) is 62.3 Å². The molecule has 1 aliphatic rings. The summed E-state index contributed by atoms with van der Waals surface area (Å²) in [5.74, 6) is 1.15. The van der Waals surface area contributed by atoms with Crippen molar-refractivity contribution in [1.29, 1.82) is 0 Å². The van der Waals surface area contributed by atoms with E-state index in [2.05, 4.69) is 15.6 Å². The Morgan fingerprint density at radius 3 is 2.38 bits per heavy atom. The van der Waals surface area contributed by atoms with Gasteiger partial charge >= 0.3 is 0 Å². The Labute approximate surface area is 283 Å². The average Bonchev–Trinajstić information content (AvgIpc) is 3.08. The second-order valence-corrected chi connectivity index (χ2v) is 12.0. The predicted molar refractivity (Wildman–Crippen MR) is 181 cm³/mol. The third-order valence-electron chi connectivity index (χ3n) is 8.28. The highest BCUT2D eigenvalue weighted by atomic mass is 35.5. The van der Waals surface area contributed by atoms with Crippen LogP contribution in [0.25, 0.3) is 33.6 Å². The number of carbonyl (C=O) groups excluding carboxylic acids is 1. The minimum Gasteiger partial charge on any atom is -0.496 e. The Balaban J connectivity index is 1.37. The number of alkyl halides is 2. The first-order chi connectivity index (χ1) is 22.7. The van der Waals surface area contributed by atoms with Crippen molar-refractivity contribution in [2.75, 3.05) is 33.9 Å². The van der Waals surface area contributed by atoms with E-state index in [1.807, 2.05) is 41.3 Å². The van der Waals surface area contributed by atoms with Gasteiger partial charge in [0.05, 0.1) is 42.2 Å². The predicted octanol–water partition coefficient (Wildman–Crippen LogP) is 7.26. The number of rotatable bonds is 12. The lowest BCUT2D eigenvalue weighted by molar-refractivity contribution is -0.129. The summed E-state index contributed by atoms with van der Waals surface area (Å²) in [6.07, 6.45) is 1.02. The highest BCUT2D eigenvalue weighted by Gasteiger charge is 2.22. The zero-order valence-electron chi connectivity index (χ0n) is 26.5. The van der Waals surface area contributed by atoms with Gasteiger partial charge in [0.15, 0.2) is 0 Å². The molecule has 1 saturated heterocycles. The van der Waals surface area contributed by atoms with Crippen LogP contribution >= 0.6 is 23.2 Å². The Hall–Kier alpha value is -3.83. The summed E-state index contributed by atoms with van der Waals surface area (Å²) < 4.78 is 36.4. The highest BCUT2D eigenvalue weighted by Crippen LogP contribution is 2.42. The van der Waals surface area contributed by atoms with Crippen molar-refractivity contribution in [3.63, 3.8) is 0 Å². The van der Waals surface area contributed by atoms with Gasteiger partial charge in [-0.1, -0.05) is 59.6 Å². The molecule has 0 atom stereocenters. The number of hydrogen-bond acceptors (Lipinski definition) is 7. The third kappa shape index (κ3) is 8.19. The summed E-state index contributed by atoms with van der Waals surface area (Å²) >= 11 is 14.0. The molecule has 2 aromatic heterocycles. The highest BCUT2D eigenvalue weighted by molar-refractivity contribution is 6.39. The molecule has 3 heterocycles. The molecule has 1 aliphatic heterocycles. The number of likely N-dealkylation sites (tertiary alicyclic amines) is 1. The molecule has 12 heteroatoms. The maximum absolute atomic E-state index is 12.6. The van der Waals surface area contributed by atoms with E-state index in [0.717, 1.165) is 42.6 Å². The van der Waals surface area contributed by atoms with Gasteiger partial charge in [-0.05, 0) is 31.0 Å².